The number of hydrogen-bond donors (Lipinski definition) is 3. The van der Waals surface area contributed by atoms with Crippen LogP contribution in [0.1, 0.15) is 11.7 Å². The van der Waals surface area contributed by atoms with Crippen LogP contribution in [0.15, 0.2) is 40.0 Å². The molecule has 1 aliphatic heterocycles. The lowest BCUT2D eigenvalue weighted by Gasteiger charge is -2.41. The van der Waals surface area contributed by atoms with Crippen molar-refractivity contribution in [2.75, 3.05) is 6.61 Å². The Labute approximate surface area is 211 Å². The molecule has 0 radical (unpaired) electrons. The van der Waals surface area contributed by atoms with Gasteiger partial charge in [-0.2, -0.15) is 13.2 Å². The predicted octanol–water partition coefficient (Wildman–Crippen LogP) is 3.31. The summed E-state index contributed by atoms with van der Waals surface area (Å²) in [4.78, 5) is 3.55. The van der Waals surface area contributed by atoms with Gasteiger partial charge in [0.2, 0.25) is 0 Å². The number of aliphatic hydroxyl groups is 3. The zero-order valence-electron chi connectivity index (χ0n) is 17.6. The van der Waals surface area contributed by atoms with E-state index < -0.39 is 65.7 Å². The number of ether oxygens (including phenoxy) is 1. The second kappa shape index (κ2) is 10.3. The third kappa shape index (κ3) is 5.24. The molecule has 1 saturated heterocycles. The van der Waals surface area contributed by atoms with E-state index in [0.717, 1.165) is 34.9 Å². The van der Waals surface area contributed by atoms with E-state index in [9.17, 15) is 41.7 Å². The quantitative estimate of drug-likeness (QED) is 0.302. The van der Waals surface area contributed by atoms with E-state index in [1.165, 1.54) is 0 Å². The molecule has 1 aromatic carbocycles. The number of hydrogen-bond acceptors (Lipinski definition) is 8. The Morgan fingerprint density at radius 2 is 1.75 bits per heavy atom. The van der Waals surface area contributed by atoms with Crippen LogP contribution in [-0.4, -0.2) is 65.7 Å². The van der Waals surface area contributed by atoms with Crippen LogP contribution in [0.3, 0.4) is 0 Å². The molecular formula is C20H15BrF6N4O4S. The Bertz CT molecular complexity index is 1240. The van der Waals surface area contributed by atoms with Gasteiger partial charge in [0.1, 0.15) is 35.5 Å². The van der Waals surface area contributed by atoms with Crippen LogP contribution in [0.5, 0.6) is 0 Å². The molecule has 2 aromatic heterocycles. The number of thioether (sulfide) groups is 1. The molecule has 36 heavy (non-hydrogen) atoms. The summed E-state index contributed by atoms with van der Waals surface area (Å²) < 4.78 is 85.6. The van der Waals surface area contributed by atoms with E-state index >= 15 is 0 Å². The summed E-state index contributed by atoms with van der Waals surface area (Å²) in [5.74, 6) is -4.59. The molecule has 1 aliphatic rings. The summed E-state index contributed by atoms with van der Waals surface area (Å²) in [5.41, 5.74) is -2.64. The van der Waals surface area contributed by atoms with Gasteiger partial charge in [-0.1, -0.05) is 17.0 Å². The second-order valence-corrected chi connectivity index (χ2v) is 9.68. The topological polar surface area (TPSA) is 114 Å². The Morgan fingerprint density at radius 1 is 1.08 bits per heavy atom. The maximum atomic E-state index is 13.6. The monoisotopic (exact) mass is 600 g/mol. The van der Waals surface area contributed by atoms with Crippen molar-refractivity contribution in [2.24, 2.45) is 0 Å². The van der Waals surface area contributed by atoms with E-state index in [1.807, 2.05) is 0 Å². The van der Waals surface area contributed by atoms with Crippen molar-refractivity contribution in [2.45, 2.75) is 40.9 Å². The smallest absolute Gasteiger partial charge is 0.394 e. The fraction of sp³-hybridized carbons (Fsp3) is 0.350. The number of pyridine rings is 1. The third-order valence-electron chi connectivity index (χ3n) is 5.28. The van der Waals surface area contributed by atoms with Crippen LogP contribution in [-0.2, 0) is 10.9 Å². The minimum Gasteiger partial charge on any atom is -0.394 e. The zero-order chi connectivity index (χ0) is 26.4. The molecule has 3 aromatic rings. The van der Waals surface area contributed by atoms with Crippen molar-refractivity contribution in [1.82, 2.24) is 20.0 Å². The van der Waals surface area contributed by atoms with E-state index in [1.54, 1.807) is 0 Å². The molecule has 0 amide bonds. The van der Waals surface area contributed by atoms with Crippen LogP contribution in [0.25, 0.3) is 11.3 Å². The standard InChI is InChI=1S/C20H15BrF6N4O4S/c21-9-3-8(4-28-18(9)20(25,26)27)36-19-17(34)15(16(33)13(6-32)35-19)31-5-12(29-30-31)7-1-10(22)14(24)11(23)2-7/h1-5,13,15-17,19,32-34H,6H2. The molecule has 0 saturated carbocycles. The molecule has 5 atom stereocenters. The number of halogens is 7. The lowest BCUT2D eigenvalue weighted by molar-refractivity contribution is -0.178. The van der Waals surface area contributed by atoms with E-state index in [-0.39, 0.29) is 20.6 Å². The van der Waals surface area contributed by atoms with Crippen molar-refractivity contribution < 1.29 is 46.4 Å². The van der Waals surface area contributed by atoms with E-state index in [0.29, 0.717) is 12.1 Å². The molecule has 0 bridgehead atoms. The number of alkyl halides is 3. The molecule has 3 heterocycles. The molecule has 1 fully saturated rings. The molecule has 4 rings (SSSR count). The highest BCUT2D eigenvalue weighted by Gasteiger charge is 2.46. The molecule has 16 heteroatoms. The van der Waals surface area contributed by atoms with Gasteiger partial charge in [-0.05, 0) is 34.1 Å². The summed E-state index contributed by atoms with van der Waals surface area (Å²) in [6, 6.07) is 1.20. The minimum absolute atomic E-state index is 0.112. The number of rotatable bonds is 5. The minimum atomic E-state index is -4.69. The predicted molar refractivity (Wildman–Crippen MR) is 115 cm³/mol. The van der Waals surface area contributed by atoms with Gasteiger partial charge in [0, 0.05) is 21.1 Å². The van der Waals surface area contributed by atoms with Crippen LogP contribution in [0.4, 0.5) is 26.3 Å². The van der Waals surface area contributed by atoms with Crippen molar-refractivity contribution in [3.05, 3.63) is 58.2 Å². The molecule has 0 spiro atoms. The van der Waals surface area contributed by atoms with Crippen molar-refractivity contribution in [3.8, 4) is 11.3 Å². The van der Waals surface area contributed by atoms with Gasteiger partial charge in [0.15, 0.2) is 23.1 Å². The van der Waals surface area contributed by atoms with Gasteiger partial charge >= 0.3 is 6.18 Å². The highest BCUT2D eigenvalue weighted by atomic mass is 79.9. The summed E-state index contributed by atoms with van der Waals surface area (Å²) in [6.45, 7) is -0.688. The highest BCUT2D eigenvalue weighted by Crippen LogP contribution is 2.40. The van der Waals surface area contributed by atoms with Gasteiger partial charge in [0.05, 0.1) is 12.8 Å². The van der Waals surface area contributed by atoms with Crippen molar-refractivity contribution >= 4 is 27.7 Å². The van der Waals surface area contributed by atoms with Crippen LogP contribution in [0.2, 0.25) is 0 Å². The van der Waals surface area contributed by atoms with Gasteiger partial charge in [-0.3, -0.25) is 0 Å². The average Bonchev–Trinajstić information content (AvgIpc) is 3.28. The maximum Gasteiger partial charge on any atom is 0.434 e. The van der Waals surface area contributed by atoms with Gasteiger partial charge in [-0.25, -0.2) is 22.8 Å². The lowest BCUT2D eigenvalue weighted by Crippen LogP contribution is -2.55. The Morgan fingerprint density at radius 3 is 2.33 bits per heavy atom. The number of nitrogens with zero attached hydrogens (tertiary/aromatic N) is 4. The van der Waals surface area contributed by atoms with Gasteiger partial charge in [0.25, 0.3) is 0 Å². The van der Waals surface area contributed by atoms with Crippen molar-refractivity contribution in [3.63, 3.8) is 0 Å². The first-order chi connectivity index (χ1) is 16.9. The number of aliphatic hydroxyl groups excluding tert-OH is 3. The average molecular weight is 601 g/mol. The maximum absolute atomic E-state index is 13.6. The van der Waals surface area contributed by atoms with Gasteiger partial charge < -0.3 is 20.1 Å². The molecule has 0 aliphatic carbocycles. The first-order valence-electron chi connectivity index (χ1n) is 9.99. The number of aromatic nitrogens is 4. The summed E-state index contributed by atoms with van der Waals surface area (Å²) in [6.07, 6.45) is -6.95. The molecule has 194 valence electrons. The molecule has 5 unspecified atom stereocenters. The molecule has 3 N–H and O–H groups in total. The number of benzene rings is 1. The summed E-state index contributed by atoms with van der Waals surface area (Å²) in [7, 11) is 0. The highest BCUT2D eigenvalue weighted by molar-refractivity contribution is 9.10. The fourth-order valence-electron chi connectivity index (χ4n) is 3.56. The van der Waals surface area contributed by atoms with Crippen LogP contribution in [0, 0.1) is 17.5 Å². The summed E-state index contributed by atoms with van der Waals surface area (Å²) in [5, 5.41) is 38.8. The Hall–Kier alpha value is -2.24. The van der Waals surface area contributed by atoms with Crippen LogP contribution >= 0.6 is 27.7 Å². The third-order valence-corrected chi connectivity index (χ3v) is 7.00. The zero-order valence-corrected chi connectivity index (χ0v) is 20.0. The lowest BCUT2D eigenvalue weighted by atomic mass is 9.97. The Balaban J connectivity index is 1.62. The first-order valence-corrected chi connectivity index (χ1v) is 11.7. The fourth-order valence-corrected chi connectivity index (χ4v) is 5.36. The molecular weight excluding hydrogens is 586 g/mol. The van der Waals surface area contributed by atoms with Crippen LogP contribution < -0.4 is 0 Å². The Kier molecular flexibility index (Phi) is 7.64. The van der Waals surface area contributed by atoms with Gasteiger partial charge in [-0.15, -0.1) is 5.10 Å². The van der Waals surface area contributed by atoms with E-state index in [4.69, 9.17) is 4.74 Å². The molecule has 8 nitrogen and oxygen atoms in total. The normalized spacial score (nSPS) is 24.8. The first kappa shape index (κ1) is 26.8. The van der Waals surface area contributed by atoms with Crippen molar-refractivity contribution in [1.29, 1.82) is 0 Å². The second-order valence-electron chi connectivity index (χ2n) is 7.65. The SMILES string of the molecule is OCC1OC(Sc2cnc(C(F)(F)F)c(Br)c2)C(O)C(n2cc(-c3cc(F)c(F)c(F)c3)nn2)C1O. The van der Waals surface area contributed by atoms with E-state index in [2.05, 4.69) is 31.2 Å². The summed E-state index contributed by atoms with van der Waals surface area (Å²) >= 11 is 3.59. The largest absolute Gasteiger partial charge is 0.434 e.